The molecule has 0 spiro atoms. The highest BCUT2D eigenvalue weighted by molar-refractivity contribution is 5.52. The Morgan fingerprint density at radius 3 is 2.77 bits per heavy atom. The van der Waals surface area contributed by atoms with Crippen molar-refractivity contribution in [3.8, 4) is 0 Å². The van der Waals surface area contributed by atoms with E-state index in [2.05, 4.69) is 4.99 Å². The first-order valence-electron chi connectivity index (χ1n) is 4.09. The van der Waals surface area contributed by atoms with E-state index in [1.807, 2.05) is 43.3 Å². The molecule has 0 heterocycles. The third kappa shape index (κ3) is 3.50. The van der Waals surface area contributed by atoms with Crippen molar-refractivity contribution in [2.75, 3.05) is 6.54 Å². The van der Waals surface area contributed by atoms with Crippen LogP contribution in [0.25, 0.3) is 6.08 Å². The molecule has 0 radical (unpaired) electrons. The summed E-state index contributed by atoms with van der Waals surface area (Å²) >= 11 is 0. The van der Waals surface area contributed by atoms with Gasteiger partial charge in [-0.3, -0.25) is 0 Å². The van der Waals surface area contributed by atoms with Crippen LogP contribution in [0.4, 0.5) is 0 Å². The van der Waals surface area contributed by atoms with Crippen molar-refractivity contribution in [2.24, 2.45) is 4.99 Å². The molecule has 0 atom stereocenters. The maximum absolute atomic E-state index is 9.84. The smallest absolute Gasteiger partial charge is 0.211 e. The standard InChI is InChI=1S/C11H11NO/c1-10(8-12-9-13)7-11-5-3-2-4-6-11/h2-7H,8H2,1H3/b10-7+. The minimum absolute atomic E-state index is 0.429. The highest BCUT2D eigenvalue weighted by atomic mass is 16.1. The summed E-state index contributed by atoms with van der Waals surface area (Å²) in [7, 11) is 0. The fraction of sp³-hybridized carbons (Fsp3) is 0.182. The fourth-order valence-electron chi connectivity index (χ4n) is 1.04. The summed E-state index contributed by atoms with van der Waals surface area (Å²) < 4.78 is 0. The first kappa shape index (κ1) is 9.43. The molecule has 0 N–H and O–H groups in total. The lowest BCUT2D eigenvalue weighted by atomic mass is 10.1. The first-order chi connectivity index (χ1) is 6.33. The van der Waals surface area contributed by atoms with E-state index in [0.717, 1.165) is 11.1 Å². The molecule has 2 nitrogen and oxygen atoms in total. The summed E-state index contributed by atoms with van der Waals surface area (Å²) in [4.78, 5) is 13.3. The zero-order valence-electron chi connectivity index (χ0n) is 7.53. The minimum atomic E-state index is 0.429. The number of nitrogens with zero attached hydrogens (tertiary/aromatic N) is 1. The van der Waals surface area contributed by atoms with Crippen LogP contribution in [0.1, 0.15) is 12.5 Å². The molecule has 2 heteroatoms. The van der Waals surface area contributed by atoms with Gasteiger partial charge in [-0.15, -0.1) is 0 Å². The molecule has 1 rings (SSSR count). The van der Waals surface area contributed by atoms with E-state index in [-0.39, 0.29) is 0 Å². The quantitative estimate of drug-likeness (QED) is 0.510. The first-order valence-corrected chi connectivity index (χ1v) is 4.09. The zero-order chi connectivity index (χ0) is 9.52. The lowest BCUT2D eigenvalue weighted by Crippen LogP contribution is -1.81. The number of benzene rings is 1. The van der Waals surface area contributed by atoms with Crippen molar-refractivity contribution in [3.63, 3.8) is 0 Å². The molecule has 0 aliphatic carbocycles. The number of aliphatic imine (C=N–C) groups is 1. The summed E-state index contributed by atoms with van der Waals surface area (Å²) in [6.07, 6.45) is 3.52. The molecule has 0 aromatic heterocycles. The van der Waals surface area contributed by atoms with E-state index in [0.29, 0.717) is 6.54 Å². The SMILES string of the molecule is C/C(=C\c1ccccc1)CN=C=O. The van der Waals surface area contributed by atoms with Gasteiger partial charge >= 0.3 is 0 Å². The Labute approximate surface area is 77.6 Å². The van der Waals surface area contributed by atoms with Crippen molar-refractivity contribution in [2.45, 2.75) is 6.92 Å². The van der Waals surface area contributed by atoms with Crippen LogP contribution in [0, 0.1) is 0 Å². The van der Waals surface area contributed by atoms with Gasteiger partial charge < -0.3 is 0 Å². The van der Waals surface area contributed by atoms with Crippen LogP contribution in [0.3, 0.4) is 0 Å². The third-order valence-electron chi connectivity index (χ3n) is 1.61. The number of rotatable bonds is 3. The summed E-state index contributed by atoms with van der Waals surface area (Å²) in [5.41, 5.74) is 2.18. The van der Waals surface area contributed by atoms with Gasteiger partial charge in [0.15, 0.2) is 0 Å². The van der Waals surface area contributed by atoms with Gasteiger partial charge in [0.25, 0.3) is 0 Å². The Hall–Kier alpha value is -1.66. The Bertz CT molecular complexity index is 334. The van der Waals surface area contributed by atoms with Gasteiger partial charge in [-0.1, -0.05) is 42.0 Å². The molecule has 66 valence electrons. The zero-order valence-corrected chi connectivity index (χ0v) is 7.53. The number of hydrogen-bond donors (Lipinski definition) is 0. The molecule has 0 fully saturated rings. The summed E-state index contributed by atoms with van der Waals surface area (Å²) in [6.45, 7) is 2.37. The molecule has 0 saturated carbocycles. The summed E-state index contributed by atoms with van der Waals surface area (Å²) in [5.74, 6) is 0. The van der Waals surface area contributed by atoms with Crippen LogP contribution in [-0.2, 0) is 4.79 Å². The Morgan fingerprint density at radius 1 is 1.46 bits per heavy atom. The third-order valence-corrected chi connectivity index (χ3v) is 1.61. The summed E-state index contributed by atoms with van der Waals surface area (Å²) in [5, 5.41) is 0. The molecular formula is C11H11NO. The molecular weight excluding hydrogens is 162 g/mol. The van der Waals surface area contributed by atoms with E-state index in [9.17, 15) is 4.79 Å². The highest BCUT2D eigenvalue weighted by Crippen LogP contribution is 2.05. The number of carbonyl (C=O) groups excluding carboxylic acids is 1. The molecule has 1 aromatic carbocycles. The second-order valence-electron chi connectivity index (χ2n) is 2.81. The van der Waals surface area contributed by atoms with Gasteiger partial charge in [0.2, 0.25) is 6.08 Å². The molecule has 0 bridgehead atoms. The van der Waals surface area contributed by atoms with Crippen molar-refractivity contribution in [3.05, 3.63) is 41.5 Å². The lowest BCUT2D eigenvalue weighted by Gasteiger charge is -1.95. The van der Waals surface area contributed by atoms with Crippen LogP contribution in [0.5, 0.6) is 0 Å². The van der Waals surface area contributed by atoms with E-state index in [1.165, 1.54) is 6.08 Å². The van der Waals surface area contributed by atoms with Gasteiger partial charge in [-0.05, 0) is 12.5 Å². The monoisotopic (exact) mass is 173 g/mol. The van der Waals surface area contributed by atoms with Crippen molar-refractivity contribution in [1.82, 2.24) is 0 Å². The van der Waals surface area contributed by atoms with Crippen LogP contribution in [0.2, 0.25) is 0 Å². The van der Waals surface area contributed by atoms with Gasteiger partial charge in [0.1, 0.15) is 0 Å². The molecule has 0 aliphatic rings. The Morgan fingerprint density at radius 2 is 2.15 bits per heavy atom. The molecule has 0 aliphatic heterocycles. The Balaban J connectivity index is 2.71. The van der Waals surface area contributed by atoms with E-state index < -0.39 is 0 Å². The molecule has 0 unspecified atom stereocenters. The molecule has 0 amide bonds. The average Bonchev–Trinajstić information content (AvgIpc) is 2.16. The van der Waals surface area contributed by atoms with Crippen LogP contribution >= 0.6 is 0 Å². The summed E-state index contributed by atoms with van der Waals surface area (Å²) in [6, 6.07) is 9.93. The second kappa shape index (κ2) is 5.07. The molecule has 13 heavy (non-hydrogen) atoms. The van der Waals surface area contributed by atoms with Crippen molar-refractivity contribution in [1.29, 1.82) is 0 Å². The van der Waals surface area contributed by atoms with Crippen LogP contribution in [0.15, 0.2) is 40.9 Å². The number of isocyanates is 1. The second-order valence-corrected chi connectivity index (χ2v) is 2.81. The van der Waals surface area contributed by atoms with E-state index in [4.69, 9.17) is 0 Å². The highest BCUT2D eigenvalue weighted by Gasteiger charge is 1.88. The van der Waals surface area contributed by atoms with E-state index in [1.54, 1.807) is 0 Å². The topological polar surface area (TPSA) is 29.4 Å². The van der Waals surface area contributed by atoms with Gasteiger partial charge in [-0.2, -0.15) is 0 Å². The maximum Gasteiger partial charge on any atom is 0.235 e. The van der Waals surface area contributed by atoms with Gasteiger partial charge in [-0.25, -0.2) is 9.79 Å². The lowest BCUT2D eigenvalue weighted by molar-refractivity contribution is 0.563. The number of hydrogen-bond acceptors (Lipinski definition) is 2. The van der Waals surface area contributed by atoms with Crippen molar-refractivity contribution >= 4 is 12.2 Å². The van der Waals surface area contributed by atoms with Gasteiger partial charge in [0, 0.05) is 0 Å². The van der Waals surface area contributed by atoms with Crippen molar-refractivity contribution < 1.29 is 4.79 Å². The average molecular weight is 173 g/mol. The predicted octanol–water partition coefficient (Wildman–Crippen LogP) is 2.43. The van der Waals surface area contributed by atoms with Crippen LogP contribution in [-0.4, -0.2) is 12.6 Å². The minimum Gasteiger partial charge on any atom is -0.211 e. The van der Waals surface area contributed by atoms with Crippen LogP contribution < -0.4 is 0 Å². The van der Waals surface area contributed by atoms with Gasteiger partial charge in [0.05, 0.1) is 6.54 Å². The Kier molecular flexibility index (Phi) is 3.68. The normalized spacial score (nSPS) is 10.7. The predicted molar refractivity (Wildman–Crippen MR) is 53.1 cm³/mol. The molecule has 1 aromatic rings. The fourth-order valence-corrected chi connectivity index (χ4v) is 1.04. The molecule has 0 saturated heterocycles. The van der Waals surface area contributed by atoms with E-state index >= 15 is 0 Å². The largest absolute Gasteiger partial charge is 0.235 e. The maximum atomic E-state index is 9.84.